The van der Waals surface area contributed by atoms with Gasteiger partial charge in [0, 0.05) is 0 Å². The van der Waals surface area contributed by atoms with Gasteiger partial charge in [-0.3, -0.25) is 14.4 Å². The SMILES string of the molecule is CCCC[C@@H]1[C@H]2C(=O)N(c3cccc(C)c3)C(=O)[C@H]2ON1c1ccccc1. The molecule has 0 saturated carbocycles. The third-order valence-corrected chi connectivity index (χ3v) is 5.36. The molecule has 2 saturated heterocycles. The summed E-state index contributed by atoms with van der Waals surface area (Å²) in [7, 11) is 0. The summed E-state index contributed by atoms with van der Waals surface area (Å²) in [4.78, 5) is 33.7. The summed E-state index contributed by atoms with van der Waals surface area (Å²) < 4.78 is 0. The molecular formula is C22H24N2O3. The number of nitrogens with zero attached hydrogens (tertiary/aromatic N) is 2. The van der Waals surface area contributed by atoms with Crippen LogP contribution >= 0.6 is 0 Å². The fraction of sp³-hybridized carbons (Fsp3) is 0.364. The lowest BCUT2D eigenvalue weighted by atomic mass is 9.92. The summed E-state index contributed by atoms with van der Waals surface area (Å²) in [5, 5.41) is 1.79. The third kappa shape index (κ3) is 3.02. The van der Waals surface area contributed by atoms with Gasteiger partial charge in [0.25, 0.3) is 5.91 Å². The van der Waals surface area contributed by atoms with Gasteiger partial charge in [-0.05, 0) is 43.2 Å². The van der Waals surface area contributed by atoms with Crippen LogP contribution in [-0.2, 0) is 14.4 Å². The van der Waals surface area contributed by atoms with Crippen molar-refractivity contribution in [1.29, 1.82) is 0 Å². The summed E-state index contributed by atoms with van der Waals surface area (Å²) in [6, 6.07) is 17.1. The zero-order valence-electron chi connectivity index (χ0n) is 15.7. The number of carbonyl (C=O) groups is 2. The highest BCUT2D eigenvalue weighted by molar-refractivity contribution is 6.23. The summed E-state index contributed by atoms with van der Waals surface area (Å²) in [6.07, 6.45) is 2.07. The van der Waals surface area contributed by atoms with Crippen molar-refractivity contribution in [1.82, 2.24) is 0 Å². The van der Waals surface area contributed by atoms with Gasteiger partial charge in [0.15, 0.2) is 6.10 Å². The van der Waals surface area contributed by atoms with Crippen LogP contribution < -0.4 is 9.96 Å². The molecule has 0 N–H and O–H groups in total. The quantitative estimate of drug-likeness (QED) is 0.756. The van der Waals surface area contributed by atoms with Crippen molar-refractivity contribution in [3.05, 3.63) is 60.2 Å². The van der Waals surface area contributed by atoms with E-state index in [1.165, 1.54) is 4.90 Å². The van der Waals surface area contributed by atoms with E-state index >= 15 is 0 Å². The van der Waals surface area contributed by atoms with E-state index in [0.717, 1.165) is 30.5 Å². The summed E-state index contributed by atoms with van der Waals surface area (Å²) in [6.45, 7) is 4.08. The standard InChI is InChI=1S/C22H24N2O3/c1-3-4-13-18-19-20(27-24(18)16-10-6-5-7-11-16)22(26)23(21(19)25)17-12-8-9-15(2)14-17/h5-12,14,18-20H,3-4,13H2,1-2H3/t18-,19-,20+/m1/s1. The highest BCUT2D eigenvalue weighted by Gasteiger charge is 2.59. The van der Waals surface area contributed by atoms with Gasteiger partial charge in [0.05, 0.1) is 23.3 Å². The van der Waals surface area contributed by atoms with Crippen molar-refractivity contribution in [3.63, 3.8) is 0 Å². The monoisotopic (exact) mass is 364 g/mol. The number of imide groups is 1. The third-order valence-electron chi connectivity index (χ3n) is 5.36. The maximum absolute atomic E-state index is 13.3. The van der Waals surface area contributed by atoms with Crippen LogP contribution in [0.15, 0.2) is 54.6 Å². The van der Waals surface area contributed by atoms with Crippen LogP contribution in [0.5, 0.6) is 0 Å². The minimum Gasteiger partial charge on any atom is -0.273 e. The average molecular weight is 364 g/mol. The first-order valence-corrected chi connectivity index (χ1v) is 9.57. The number of carbonyl (C=O) groups excluding carboxylic acids is 2. The van der Waals surface area contributed by atoms with E-state index in [1.54, 1.807) is 11.1 Å². The molecule has 2 aromatic carbocycles. The second kappa shape index (κ2) is 7.16. The first-order valence-electron chi connectivity index (χ1n) is 9.57. The molecule has 4 rings (SSSR count). The van der Waals surface area contributed by atoms with Gasteiger partial charge in [-0.25, -0.2) is 9.96 Å². The number of unbranched alkanes of at least 4 members (excludes halogenated alkanes) is 1. The van der Waals surface area contributed by atoms with Crippen molar-refractivity contribution < 1.29 is 14.4 Å². The zero-order valence-corrected chi connectivity index (χ0v) is 15.7. The molecule has 0 unspecified atom stereocenters. The summed E-state index contributed by atoms with van der Waals surface area (Å²) in [5.41, 5.74) is 2.53. The molecule has 2 fully saturated rings. The Labute approximate surface area is 159 Å². The van der Waals surface area contributed by atoms with E-state index in [0.29, 0.717) is 5.69 Å². The second-order valence-electron chi connectivity index (χ2n) is 7.27. The van der Waals surface area contributed by atoms with Gasteiger partial charge in [0.1, 0.15) is 0 Å². The molecular weight excluding hydrogens is 340 g/mol. The molecule has 3 atom stereocenters. The largest absolute Gasteiger partial charge is 0.273 e. The van der Waals surface area contributed by atoms with Gasteiger partial charge in [0.2, 0.25) is 5.91 Å². The molecule has 0 radical (unpaired) electrons. The predicted octanol–water partition coefficient (Wildman–Crippen LogP) is 3.86. The number of benzene rings is 2. The molecule has 0 spiro atoms. The number of rotatable bonds is 5. The van der Waals surface area contributed by atoms with Crippen LogP contribution in [0.1, 0.15) is 31.7 Å². The Morgan fingerprint density at radius 1 is 0.963 bits per heavy atom. The van der Waals surface area contributed by atoms with Crippen LogP contribution in [0.4, 0.5) is 11.4 Å². The Morgan fingerprint density at radius 2 is 1.70 bits per heavy atom. The molecule has 27 heavy (non-hydrogen) atoms. The number of aryl methyl sites for hydroxylation is 1. The number of hydroxylamine groups is 1. The molecule has 140 valence electrons. The Kier molecular flexibility index (Phi) is 4.70. The molecule has 0 aromatic heterocycles. The number of hydrogen-bond donors (Lipinski definition) is 0. The Morgan fingerprint density at radius 3 is 2.41 bits per heavy atom. The number of para-hydroxylation sites is 1. The minimum absolute atomic E-state index is 0.136. The molecule has 2 aliphatic rings. The molecule has 2 aliphatic heterocycles. The lowest BCUT2D eigenvalue weighted by Gasteiger charge is -2.28. The Hall–Kier alpha value is -2.66. The molecule has 2 heterocycles. The van der Waals surface area contributed by atoms with Crippen molar-refractivity contribution in [2.45, 2.75) is 45.3 Å². The lowest BCUT2D eigenvalue weighted by molar-refractivity contribution is -0.126. The van der Waals surface area contributed by atoms with Crippen LogP contribution in [0.25, 0.3) is 0 Å². The molecule has 2 amide bonds. The van der Waals surface area contributed by atoms with Gasteiger partial charge in [-0.15, -0.1) is 0 Å². The van der Waals surface area contributed by atoms with Crippen molar-refractivity contribution >= 4 is 23.2 Å². The maximum Gasteiger partial charge on any atom is 0.266 e. The van der Waals surface area contributed by atoms with Gasteiger partial charge < -0.3 is 0 Å². The second-order valence-corrected chi connectivity index (χ2v) is 7.27. The smallest absolute Gasteiger partial charge is 0.266 e. The van der Waals surface area contributed by atoms with Crippen molar-refractivity contribution in [2.24, 2.45) is 5.92 Å². The van der Waals surface area contributed by atoms with E-state index in [9.17, 15) is 9.59 Å². The van der Waals surface area contributed by atoms with Crippen LogP contribution in [-0.4, -0.2) is 24.0 Å². The molecule has 0 aliphatic carbocycles. The molecule has 0 bridgehead atoms. The zero-order chi connectivity index (χ0) is 19.0. The van der Waals surface area contributed by atoms with E-state index in [4.69, 9.17) is 4.84 Å². The van der Waals surface area contributed by atoms with Crippen LogP contribution in [0.3, 0.4) is 0 Å². The predicted molar refractivity (Wildman–Crippen MR) is 104 cm³/mol. The minimum atomic E-state index is -0.750. The first-order chi connectivity index (χ1) is 13.1. The van der Waals surface area contributed by atoms with Crippen LogP contribution in [0.2, 0.25) is 0 Å². The average Bonchev–Trinajstić information content (AvgIpc) is 3.17. The fourth-order valence-corrected chi connectivity index (χ4v) is 4.05. The van der Waals surface area contributed by atoms with Crippen molar-refractivity contribution in [2.75, 3.05) is 9.96 Å². The normalized spacial score (nSPS) is 24.6. The van der Waals surface area contributed by atoms with E-state index in [-0.39, 0.29) is 17.9 Å². The van der Waals surface area contributed by atoms with Gasteiger partial charge >= 0.3 is 0 Å². The fourth-order valence-electron chi connectivity index (χ4n) is 4.05. The van der Waals surface area contributed by atoms with E-state index in [2.05, 4.69) is 6.92 Å². The van der Waals surface area contributed by atoms with Gasteiger partial charge in [-0.1, -0.05) is 50.1 Å². The maximum atomic E-state index is 13.3. The molecule has 2 aromatic rings. The number of fused-ring (bicyclic) bond motifs is 1. The highest BCUT2D eigenvalue weighted by Crippen LogP contribution is 2.41. The molecule has 5 heteroatoms. The Balaban J connectivity index is 1.68. The van der Waals surface area contributed by atoms with E-state index < -0.39 is 12.0 Å². The summed E-state index contributed by atoms with van der Waals surface area (Å²) in [5.74, 6) is -0.893. The molecule has 5 nitrogen and oxygen atoms in total. The number of amides is 2. The lowest BCUT2D eigenvalue weighted by Crippen LogP contribution is -2.40. The van der Waals surface area contributed by atoms with Crippen molar-refractivity contribution in [3.8, 4) is 0 Å². The summed E-state index contributed by atoms with van der Waals surface area (Å²) >= 11 is 0. The topological polar surface area (TPSA) is 49.9 Å². The number of anilines is 2. The Bertz CT molecular complexity index is 852. The number of hydrogen-bond acceptors (Lipinski definition) is 4. The van der Waals surface area contributed by atoms with E-state index in [1.807, 2.05) is 55.5 Å². The highest BCUT2D eigenvalue weighted by atomic mass is 16.7. The first kappa shape index (κ1) is 17.7. The van der Waals surface area contributed by atoms with Crippen LogP contribution in [0, 0.1) is 12.8 Å². The van der Waals surface area contributed by atoms with Gasteiger partial charge in [-0.2, -0.15) is 0 Å².